The van der Waals surface area contributed by atoms with Crippen molar-refractivity contribution in [2.75, 3.05) is 24.5 Å². The van der Waals surface area contributed by atoms with E-state index in [0.717, 1.165) is 16.8 Å². The molecule has 1 unspecified atom stereocenters. The van der Waals surface area contributed by atoms with Gasteiger partial charge in [0.2, 0.25) is 5.91 Å². The van der Waals surface area contributed by atoms with Gasteiger partial charge in [0.05, 0.1) is 16.8 Å². The summed E-state index contributed by atoms with van der Waals surface area (Å²) in [5.41, 5.74) is 3.70. The van der Waals surface area contributed by atoms with Gasteiger partial charge >= 0.3 is 0 Å². The molecular weight excluding hydrogens is 463 g/mol. The second-order valence-electron chi connectivity index (χ2n) is 7.85. The molecule has 1 fully saturated rings. The number of carbonyl (C=O) groups is 1. The third kappa shape index (κ3) is 5.12. The number of hydrogen-bond acceptors (Lipinski definition) is 2. The number of piperazine rings is 1. The van der Waals surface area contributed by atoms with Crippen molar-refractivity contribution in [3.05, 3.63) is 105 Å². The summed E-state index contributed by atoms with van der Waals surface area (Å²) in [6.45, 7) is 3.66. The summed E-state index contributed by atoms with van der Waals surface area (Å²) >= 11 is 18.8. The van der Waals surface area contributed by atoms with Crippen molar-refractivity contribution in [3.8, 4) is 0 Å². The first-order valence-corrected chi connectivity index (χ1v) is 11.6. The lowest BCUT2D eigenvalue weighted by molar-refractivity contribution is -0.127. The smallest absolute Gasteiger partial charge is 0.249 e. The summed E-state index contributed by atoms with van der Waals surface area (Å²) in [6.07, 6.45) is 1.93. The van der Waals surface area contributed by atoms with Crippen molar-refractivity contribution in [1.82, 2.24) is 4.90 Å². The predicted molar refractivity (Wildman–Crippen MR) is 135 cm³/mol. The molecule has 1 heterocycles. The minimum absolute atomic E-state index is 0.0367. The van der Waals surface area contributed by atoms with Crippen LogP contribution in [0.4, 0.5) is 5.69 Å². The van der Waals surface area contributed by atoms with Crippen LogP contribution in [0, 0.1) is 0 Å². The van der Waals surface area contributed by atoms with Crippen LogP contribution in [-0.2, 0) is 4.79 Å². The Kier molecular flexibility index (Phi) is 7.10. The second kappa shape index (κ2) is 9.99. The molecule has 1 atom stereocenters. The number of nitrogens with zero attached hydrogens (tertiary/aromatic N) is 2. The fourth-order valence-corrected chi connectivity index (χ4v) is 4.69. The van der Waals surface area contributed by atoms with Gasteiger partial charge in [0.1, 0.15) is 0 Å². The number of benzene rings is 3. The second-order valence-corrected chi connectivity index (χ2v) is 9.13. The Morgan fingerprint density at radius 1 is 0.906 bits per heavy atom. The number of amides is 1. The average Bonchev–Trinajstić information content (AvgIpc) is 2.79. The Labute approximate surface area is 203 Å². The van der Waals surface area contributed by atoms with Crippen LogP contribution in [0.2, 0.25) is 15.1 Å². The Morgan fingerprint density at radius 3 is 2.28 bits per heavy atom. The van der Waals surface area contributed by atoms with E-state index in [2.05, 4.69) is 4.90 Å². The molecule has 3 aromatic carbocycles. The third-order valence-corrected chi connectivity index (χ3v) is 6.45. The number of halogens is 3. The van der Waals surface area contributed by atoms with E-state index in [-0.39, 0.29) is 11.9 Å². The maximum atomic E-state index is 13.3. The predicted octanol–water partition coefficient (Wildman–Crippen LogP) is 7.14. The maximum Gasteiger partial charge on any atom is 0.249 e. The van der Waals surface area contributed by atoms with E-state index in [4.69, 9.17) is 34.8 Å². The molecule has 0 aromatic heterocycles. The van der Waals surface area contributed by atoms with E-state index >= 15 is 0 Å². The Balaban J connectivity index is 1.63. The largest absolute Gasteiger partial charge is 0.360 e. The summed E-state index contributed by atoms with van der Waals surface area (Å²) in [4.78, 5) is 17.4. The molecule has 1 aliphatic rings. The Morgan fingerprint density at radius 2 is 1.59 bits per heavy atom. The summed E-state index contributed by atoms with van der Waals surface area (Å²) in [6, 6.07) is 23.1. The lowest BCUT2D eigenvalue weighted by Gasteiger charge is -2.43. The zero-order valence-corrected chi connectivity index (χ0v) is 19.9. The molecule has 3 aromatic rings. The first kappa shape index (κ1) is 22.7. The van der Waals surface area contributed by atoms with E-state index < -0.39 is 0 Å². The molecule has 0 saturated carbocycles. The zero-order chi connectivity index (χ0) is 22.7. The van der Waals surface area contributed by atoms with Crippen LogP contribution in [0.5, 0.6) is 0 Å². The van der Waals surface area contributed by atoms with Gasteiger partial charge in [-0.3, -0.25) is 4.79 Å². The van der Waals surface area contributed by atoms with Crippen LogP contribution in [0.3, 0.4) is 0 Å². The van der Waals surface area contributed by atoms with Gasteiger partial charge in [0.15, 0.2) is 0 Å². The van der Waals surface area contributed by atoms with E-state index in [1.54, 1.807) is 6.07 Å². The van der Waals surface area contributed by atoms with Crippen molar-refractivity contribution in [1.29, 1.82) is 0 Å². The van der Waals surface area contributed by atoms with Gasteiger partial charge in [-0.2, -0.15) is 0 Å². The van der Waals surface area contributed by atoms with Crippen LogP contribution in [0.1, 0.15) is 24.1 Å². The van der Waals surface area contributed by atoms with Gasteiger partial charge in [0, 0.05) is 35.3 Å². The molecule has 6 heteroatoms. The van der Waals surface area contributed by atoms with Crippen LogP contribution >= 0.6 is 34.8 Å². The van der Waals surface area contributed by atoms with Gasteiger partial charge < -0.3 is 9.80 Å². The lowest BCUT2D eigenvalue weighted by Crippen LogP contribution is -2.51. The normalized spacial score (nSPS) is 16.9. The molecule has 1 saturated heterocycles. The molecule has 32 heavy (non-hydrogen) atoms. The summed E-state index contributed by atoms with van der Waals surface area (Å²) < 4.78 is 0. The molecule has 164 valence electrons. The van der Waals surface area contributed by atoms with E-state index in [1.807, 2.05) is 84.6 Å². The van der Waals surface area contributed by atoms with Crippen LogP contribution in [0.25, 0.3) is 6.08 Å². The first-order valence-electron chi connectivity index (χ1n) is 10.4. The topological polar surface area (TPSA) is 23.6 Å². The highest BCUT2D eigenvalue weighted by Crippen LogP contribution is 2.37. The van der Waals surface area contributed by atoms with Gasteiger partial charge in [-0.05, 0) is 54.5 Å². The number of anilines is 1. The van der Waals surface area contributed by atoms with Crippen molar-refractivity contribution >= 4 is 52.5 Å². The summed E-state index contributed by atoms with van der Waals surface area (Å²) in [5, 5.41) is 1.86. The SMILES string of the molecule is C/C(=C\c1ccccc1)C(=O)N1CCN(c2ccc(Cl)cc2Cl)C(c2ccc(Cl)cc2)C1. The quantitative estimate of drug-likeness (QED) is 0.367. The molecule has 1 aliphatic heterocycles. The highest BCUT2D eigenvalue weighted by Gasteiger charge is 2.32. The molecule has 0 aliphatic carbocycles. The molecule has 0 radical (unpaired) electrons. The lowest BCUT2D eigenvalue weighted by atomic mass is 10.0. The standard InChI is InChI=1S/C26H23Cl3N2O/c1-18(15-19-5-3-2-4-6-19)26(32)30-13-14-31(24-12-11-22(28)16-23(24)29)25(17-30)20-7-9-21(27)10-8-20/h2-12,15-16,25H,13-14,17H2,1H3/b18-15+. The minimum Gasteiger partial charge on any atom is -0.360 e. The van der Waals surface area contributed by atoms with Crippen molar-refractivity contribution in [2.24, 2.45) is 0 Å². The van der Waals surface area contributed by atoms with Crippen LogP contribution in [0.15, 0.2) is 78.4 Å². The summed E-state index contributed by atoms with van der Waals surface area (Å²) in [5.74, 6) is 0.0367. The van der Waals surface area contributed by atoms with Crippen molar-refractivity contribution < 1.29 is 4.79 Å². The molecule has 1 amide bonds. The Hall–Kier alpha value is -2.46. The van der Waals surface area contributed by atoms with Crippen molar-refractivity contribution in [2.45, 2.75) is 13.0 Å². The summed E-state index contributed by atoms with van der Waals surface area (Å²) in [7, 11) is 0. The monoisotopic (exact) mass is 484 g/mol. The van der Waals surface area contributed by atoms with Crippen LogP contribution < -0.4 is 4.90 Å². The van der Waals surface area contributed by atoms with Gasteiger partial charge in [0.25, 0.3) is 0 Å². The highest BCUT2D eigenvalue weighted by molar-refractivity contribution is 6.36. The molecule has 3 nitrogen and oxygen atoms in total. The van der Waals surface area contributed by atoms with Gasteiger partial charge in [-0.15, -0.1) is 0 Å². The minimum atomic E-state index is -0.0619. The third-order valence-electron chi connectivity index (χ3n) is 5.66. The van der Waals surface area contributed by atoms with E-state index in [1.165, 1.54) is 0 Å². The fourth-order valence-electron chi connectivity index (χ4n) is 4.05. The first-order chi connectivity index (χ1) is 15.4. The van der Waals surface area contributed by atoms with Crippen molar-refractivity contribution in [3.63, 3.8) is 0 Å². The number of rotatable bonds is 4. The molecule has 4 rings (SSSR count). The van der Waals surface area contributed by atoms with Gasteiger partial charge in [-0.25, -0.2) is 0 Å². The molecular formula is C26H23Cl3N2O. The molecule has 0 N–H and O–H groups in total. The van der Waals surface area contributed by atoms with Gasteiger partial charge in [-0.1, -0.05) is 77.3 Å². The molecule has 0 spiro atoms. The highest BCUT2D eigenvalue weighted by atomic mass is 35.5. The maximum absolute atomic E-state index is 13.3. The van der Waals surface area contributed by atoms with Crippen LogP contribution in [-0.4, -0.2) is 30.4 Å². The number of hydrogen-bond donors (Lipinski definition) is 0. The average molecular weight is 486 g/mol. The molecule has 0 bridgehead atoms. The zero-order valence-electron chi connectivity index (χ0n) is 17.6. The fraction of sp³-hybridized carbons (Fsp3) is 0.192. The van der Waals surface area contributed by atoms with E-state index in [9.17, 15) is 4.79 Å². The number of carbonyl (C=O) groups excluding carboxylic acids is 1. The Bertz CT molecular complexity index is 1130. The van der Waals surface area contributed by atoms with E-state index in [0.29, 0.717) is 40.3 Å².